The number of aliphatic hydroxyl groups is 1. The van der Waals surface area contributed by atoms with Crippen molar-refractivity contribution in [2.45, 2.75) is 20.0 Å². The molecule has 0 bridgehead atoms. The number of aliphatic hydroxyl groups excluding tert-OH is 1. The Morgan fingerprint density at radius 3 is 2.92 bits per heavy atom. The van der Waals surface area contributed by atoms with Crippen LogP contribution < -0.4 is 0 Å². The molecule has 1 aromatic rings. The molecule has 0 radical (unpaired) electrons. The summed E-state index contributed by atoms with van der Waals surface area (Å²) in [7, 11) is 0. The minimum Gasteiger partial charge on any atom is -0.385 e. The summed E-state index contributed by atoms with van der Waals surface area (Å²) in [6.45, 7) is 7.34. The van der Waals surface area contributed by atoms with Crippen molar-refractivity contribution >= 4 is 17.4 Å². The van der Waals surface area contributed by atoms with E-state index in [0.29, 0.717) is 0 Å². The second-order valence-electron chi connectivity index (χ2n) is 2.86. The lowest BCUT2D eigenvalue weighted by Gasteiger charge is -2.03. The monoisotopic (exact) mass is 195 g/mol. The Kier molecular flexibility index (Phi) is 3.39. The largest absolute Gasteiger partial charge is 0.385 e. The lowest BCUT2D eigenvalue weighted by atomic mass is 10.1. The first-order valence-electron chi connectivity index (χ1n) is 4.04. The fraction of sp³-hybridized carbons (Fsp3) is 0.300. The molecule has 3 heteroatoms. The van der Waals surface area contributed by atoms with E-state index in [9.17, 15) is 5.11 Å². The number of rotatable bonds is 3. The van der Waals surface area contributed by atoms with E-state index in [0.717, 1.165) is 16.3 Å². The fourth-order valence-corrected chi connectivity index (χ4v) is 1.52. The molecule has 0 unspecified atom stereocenters. The van der Waals surface area contributed by atoms with E-state index in [1.807, 2.05) is 25.3 Å². The molecule has 1 atom stereocenters. The third-order valence-corrected chi connectivity index (χ3v) is 2.49. The Morgan fingerprint density at radius 1 is 1.77 bits per heavy atom. The van der Waals surface area contributed by atoms with Gasteiger partial charge in [-0.1, -0.05) is 6.08 Å². The highest BCUT2D eigenvalue weighted by molar-refractivity contribution is 7.09. The van der Waals surface area contributed by atoms with Crippen LogP contribution in [0.4, 0.5) is 0 Å². The van der Waals surface area contributed by atoms with Crippen molar-refractivity contribution in [2.24, 2.45) is 0 Å². The van der Waals surface area contributed by atoms with E-state index in [-0.39, 0.29) is 0 Å². The molecule has 1 aromatic heterocycles. The van der Waals surface area contributed by atoms with Crippen LogP contribution in [0.2, 0.25) is 0 Å². The number of nitrogens with zero attached hydrogens (tertiary/aromatic N) is 1. The molecule has 0 saturated heterocycles. The van der Waals surface area contributed by atoms with Gasteiger partial charge in [0, 0.05) is 5.38 Å². The van der Waals surface area contributed by atoms with Crippen molar-refractivity contribution in [3.05, 3.63) is 34.3 Å². The molecule has 0 aliphatic rings. The average molecular weight is 195 g/mol. The van der Waals surface area contributed by atoms with Crippen LogP contribution in [-0.2, 0) is 0 Å². The molecule has 13 heavy (non-hydrogen) atoms. The van der Waals surface area contributed by atoms with Crippen LogP contribution in [-0.4, -0.2) is 16.2 Å². The van der Waals surface area contributed by atoms with Gasteiger partial charge >= 0.3 is 0 Å². The molecule has 2 nitrogen and oxygen atoms in total. The summed E-state index contributed by atoms with van der Waals surface area (Å²) in [6.07, 6.45) is 2.81. The van der Waals surface area contributed by atoms with Gasteiger partial charge in [0.25, 0.3) is 0 Å². The lowest BCUT2D eigenvalue weighted by Crippen LogP contribution is -2.02. The van der Waals surface area contributed by atoms with Crippen molar-refractivity contribution in [3.8, 4) is 0 Å². The highest BCUT2D eigenvalue weighted by atomic mass is 32.1. The van der Waals surface area contributed by atoms with E-state index >= 15 is 0 Å². The Morgan fingerprint density at radius 2 is 2.46 bits per heavy atom. The second-order valence-corrected chi connectivity index (χ2v) is 3.92. The van der Waals surface area contributed by atoms with E-state index in [4.69, 9.17) is 0 Å². The molecular formula is C10H13NOS. The zero-order valence-electron chi connectivity index (χ0n) is 7.82. The molecule has 0 aromatic carbocycles. The summed E-state index contributed by atoms with van der Waals surface area (Å²) in [5.41, 5.74) is 1.77. The Labute approximate surface area is 82.3 Å². The van der Waals surface area contributed by atoms with Crippen LogP contribution in [0.5, 0.6) is 0 Å². The van der Waals surface area contributed by atoms with E-state index < -0.39 is 6.10 Å². The van der Waals surface area contributed by atoms with Gasteiger partial charge in [0.15, 0.2) is 0 Å². The minimum atomic E-state index is -0.568. The summed E-state index contributed by atoms with van der Waals surface area (Å²) >= 11 is 1.60. The van der Waals surface area contributed by atoms with E-state index in [1.54, 1.807) is 11.3 Å². The number of hydrogen-bond acceptors (Lipinski definition) is 3. The van der Waals surface area contributed by atoms with Crippen molar-refractivity contribution in [2.75, 3.05) is 0 Å². The maximum atomic E-state index is 9.38. The number of hydrogen-bond donors (Lipinski definition) is 1. The third-order valence-electron chi connectivity index (χ3n) is 1.70. The van der Waals surface area contributed by atoms with Gasteiger partial charge in [0.05, 0.1) is 16.8 Å². The van der Waals surface area contributed by atoms with Crippen molar-refractivity contribution in [1.29, 1.82) is 0 Å². The van der Waals surface area contributed by atoms with Gasteiger partial charge < -0.3 is 5.11 Å². The summed E-state index contributed by atoms with van der Waals surface area (Å²) < 4.78 is 0. The predicted molar refractivity (Wildman–Crippen MR) is 56.7 cm³/mol. The second kappa shape index (κ2) is 4.35. The molecule has 0 fully saturated rings. The van der Waals surface area contributed by atoms with E-state index in [1.165, 1.54) is 6.08 Å². The van der Waals surface area contributed by atoms with E-state index in [2.05, 4.69) is 11.6 Å². The minimum absolute atomic E-state index is 0.568. The molecule has 0 spiro atoms. The number of thiazole rings is 1. The predicted octanol–water partition coefficient (Wildman–Crippen LogP) is 2.40. The van der Waals surface area contributed by atoms with Crippen LogP contribution in [0, 0.1) is 6.92 Å². The molecule has 1 heterocycles. The maximum absolute atomic E-state index is 9.38. The highest BCUT2D eigenvalue weighted by Crippen LogP contribution is 2.13. The molecule has 0 amide bonds. The van der Waals surface area contributed by atoms with Crippen molar-refractivity contribution in [3.63, 3.8) is 0 Å². The zero-order valence-corrected chi connectivity index (χ0v) is 8.64. The van der Waals surface area contributed by atoms with Gasteiger partial charge in [-0.2, -0.15) is 0 Å². The third kappa shape index (κ3) is 2.79. The molecule has 0 saturated carbocycles. The molecule has 1 rings (SSSR count). The van der Waals surface area contributed by atoms with Crippen molar-refractivity contribution in [1.82, 2.24) is 4.98 Å². The Bertz CT molecular complexity index is 327. The van der Waals surface area contributed by atoms with Crippen LogP contribution in [0.1, 0.15) is 17.6 Å². The standard InChI is InChI=1S/C10H13NOS/c1-4-10(12)7(2)5-9-6-13-8(3)11-9/h4-6,10,12H,1H2,2-3H3/b7-5-/t10-/m0/s1. The summed E-state index contributed by atoms with van der Waals surface area (Å²) in [6, 6.07) is 0. The molecule has 70 valence electrons. The van der Waals surface area contributed by atoms with Gasteiger partial charge in [0.1, 0.15) is 0 Å². The SMILES string of the molecule is C=C[C@H](O)/C(C)=C\c1csc(C)n1. The maximum Gasteiger partial charge on any atom is 0.0930 e. The zero-order chi connectivity index (χ0) is 9.84. The normalized spacial score (nSPS) is 14.2. The molecular weight excluding hydrogens is 182 g/mol. The first-order valence-corrected chi connectivity index (χ1v) is 4.92. The van der Waals surface area contributed by atoms with Gasteiger partial charge in [-0.3, -0.25) is 0 Å². The van der Waals surface area contributed by atoms with Gasteiger partial charge in [-0.25, -0.2) is 4.98 Å². The smallest absolute Gasteiger partial charge is 0.0930 e. The number of aryl methyl sites for hydroxylation is 1. The lowest BCUT2D eigenvalue weighted by molar-refractivity contribution is 0.261. The highest BCUT2D eigenvalue weighted by Gasteiger charge is 2.01. The van der Waals surface area contributed by atoms with Crippen LogP contribution in [0.25, 0.3) is 6.08 Å². The quantitative estimate of drug-likeness (QED) is 0.751. The molecule has 0 aliphatic heterocycles. The summed E-state index contributed by atoms with van der Waals surface area (Å²) in [4.78, 5) is 4.26. The van der Waals surface area contributed by atoms with Gasteiger partial charge in [-0.05, 0) is 25.5 Å². The van der Waals surface area contributed by atoms with Crippen LogP contribution >= 0.6 is 11.3 Å². The summed E-state index contributed by atoms with van der Waals surface area (Å²) in [5.74, 6) is 0. The average Bonchev–Trinajstić information content (AvgIpc) is 2.49. The van der Waals surface area contributed by atoms with Crippen LogP contribution in [0.15, 0.2) is 23.6 Å². The topological polar surface area (TPSA) is 33.1 Å². The first-order chi connectivity index (χ1) is 6.13. The first kappa shape index (κ1) is 10.2. The fourth-order valence-electron chi connectivity index (χ4n) is 0.951. The summed E-state index contributed by atoms with van der Waals surface area (Å²) in [5, 5.41) is 12.4. The Hall–Kier alpha value is -0.930. The van der Waals surface area contributed by atoms with Crippen molar-refractivity contribution < 1.29 is 5.11 Å². The number of aromatic nitrogens is 1. The Balaban J connectivity index is 2.81. The molecule has 1 N–H and O–H groups in total. The van der Waals surface area contributed by atoms with Gasteiger partial charge in [-0.15, -0.1) is 17.9 Å². The van der Waals surface area contributed by atoms with Gasteiger partial charge in [0.2, 0.25) is 0 Å². The molecule has 0 aliphatic carbocycles. The van der Waals surface area contributed by atoms with Crippen LogP contribution in [0.3, 0.4) is 0 Å².